The number of quaternary nitrogens is 1. The molecule has 0 unspecified atom stereocenters. The Kier molecular flexibility index (Phi) is 37.8. The lowest BCUT2D eigenvalue weighted by molar-refractivity contribution is -0.843. The summed E-state index contributed by atoms with van der Waals surface area (Å²) in [5.74, 6) is 0.600. The number of halogens is 1. The number of Topliss-reactive ketones (excluding diaryl/α,β-unsaturated/α-hetero) is 1. The van der Waals surface area contributed by atoms with Gasteiger partial charge in [-0.3, -0.25) is 9.28 Å². The monoisotopic (exact) mass is 656 g/mol. The molecule has 0 heterocycles. The minimum Gasteiger partial charge on any atom is -1.00 e. The first kappa shape index (κ1) is 46.7. The van der Waals surface area contributed by atoms with Crippen LogP contribution < -0.4 is 12.4 Å². The van der Waals surface area contributed by atoms with E-state index < -0.39 is 0 Å². The van der Waals surface area contributed by atoms with Crippen LogP contribution in [0.4, 0.5) is 0 Å². The molecule has 0 spiro atoms. The van der Waals surface area contributed by atoms with Crippen LogP contribution in [-0.4, -0.2) is 35.8 Å². The molecule has 0 aliphatic heterocycles. The topological polar surface area (TPSA) is 34.1 Å². The molecule has 0 fully saturated rings. The van der Waals surface area contributed by atoms with Gasteiger partial charge in [0, 0.05) is 6.42 Å². The van der Waals surface area contributed by atoms with Crippen molar-refractivity contribution in [3.05, 3.63) is 0 Å². The molecular formula is C41H82ClNO2. The van der Waals surface area contributed by atoms with Crippen molar-refractivity contribution in [2.45, 2.75) is 233 Å². The van der Waals surface area contributed by atoms with Crippen LogP contribution in [0.2, 0.25) is 0 Å². The number of hydrogen-bond donors (Lipinski definition) is 0. The van der Waals surface area contributed by atoms with Gasteiger partial charge in [0.15, 0.2) is 5.78 Å². The van der Waals surface area contributed by atoms with Gasteiger partial charge in [-0.25, -0.2) is 4.79 Å². The highest BCUT2D eigenvalue weighted by Crippen LogP contribution is 2.18. The third-order valence-corrected chi connectivity index (χ3v) is 10.3. The lowest BCUT2D eigenvalue weighted by Crippen LogP contribution is -3.00. The molecule has 0 aromatic rings. The van der Waals surface area contributed by atoms with Crippen molar-refractivity contribution in [3.8, 4) is 0 Å². The highest BCUT2D eigenvalue weighted by atomic mass is 35.5. The van der Waals surface area contributed by atoms with E-state index in [9.17, 15) is 9.59 Å². The Balaban J connectivity index is 0. The molecule has 0 aliphatic carbocycles. The number of likely N-dealkylation sites (N-methyl/N-ethyl adjacent to an activating group) is 1. The second-order valence-electron chi connectivity index (χ2n) is 14.3. The lowest BCUT2D eigenvalue weighted by atomic mass is 10.0. The SMILES string of the molecule is CCCCCCCCCCCCCCCCCC(=O)C[N+](CC)(CC)C(=O)CCCCCCCCCCCCCCCCC.[Cl-]. The molecule has 0 aliphatic rings. The molecule has 0 N–H and O–H groups in total. The van der Waals surface area contributed by atoms with Gasteiger partial charge in [0.2, 0.25) is 0 Å². The number of hydrogen-bond acceptors (Lipinski definition) is 2. The number of carbonyl (C=O) groups excluding carboxylic acids is 2. The molecule has 3 nitrogen and oxygen atoms in total. The minimum atomic E-state index is 0. The molecule has 0 aromatic carbocycles. The molecule has 0 atom stereocenters. The summed E-state index contributed by atoms with van der Waals surface area (Å²) in [4.78, 5) is 26.1. The van der Waals surface area contributed by atoms with Crippen LogP contribution in [0.5, 0.6) is 0 Å². The predicted octanol–water partition coefficient (Wildman–Crippen LogP) is 10.5. The summed E-state index contributed by atoms with van der Waals surface area (Å²) in [6.45, 7) is 10.7. The fourth-order valence-electron chi connectivity index (χ4n) is 6.88. The van der Waals surface area contributed by atoms with Gasteiger partial charge in [0.1, 0.15) is 6.54 Å². The molecule has 0 radical (unpaired) electrons. The molecule has 0 bridgehead atoms. The smallest absolute Gasteiger partial charge is 0.314 e. The predicted molar refractivity (Wildman–Crippen MR) is 195 cm³/mol. The summed E-state index contributed by atoms with van der Waals surface area (Å²) in [6, 6.07) is 0. The average molecular weight is 657 g/mol. The van der Waals surface area contributed by atoms with Crippen molar-refractivity contribution in [1.82, 2.24) is 0 Å². The van der Waals surface area contributed by atoms with Crippen LogP contribution in [0, 0.1) is 0 Å². The molecule has 0 rings (SSSR count). The fourth-order valence-corrected chi connectivity index (χ4v) is 6.88. The maximum atomic E-state index is 13.2. The van der Waals surface area contributed by atoms with Crippen molar-refractivity contribution in [3.63, 3.8) is 0 Å². The Bertz CT molecular complexity index is 619. The van der Waals surface area contributed by atoms with Gasteiger partial charge >= 0.3 is 5.91 Å². The number of nitrogens with zero attached hydrogens (tertiary/aromatic N) is 1. The zero-order valence-electron chi connectivity index (χ0n) is 31.4. The molecule has 270 valence electrons. The van der Waals surface area contributed by atoms with E-state index >= 15 is 0 Å². The quantitative estimate of drug-likeness (QED) is 0.0497. The standard InChI is InChI=1S/C41H82NO2.ClH/c1-5-9-11-13-15-17-19-21-23-25-27-29-31-33-35-37-40(43)39-42(7-3,8-4)41(44)38-36-34-32-30-28-26-24-22-20-18-16-14-12-10-6-2;/h5-39H2,1-4H3;1H/q+1;/p-1. The number of rotatable bonds is 36. The summed E-state index contributed by atoms with van der Waals surface area (Å²) in [6.07, 6.45) is 41.6. The van der Waals surface area contributed by atoms with Crippen LogP contribution in [0.1, 0.15) is 233 Å². The number of unbranched alkanes of at least 4 members (excludes halogenated alkanes) is 28. The van der Waals surface area contributed by atoms with Gasteiger partial charge in [0.25, 0.3) is 0 Å². The molecule has 45 heavy (non-hydrogen) atoms. The largest absolute Gasteiger partial charge is 1.00 e. The summed E-state index contributed by atoms with van der Waals surface area (Å²) in [7, 11) is 0. The Morgan fingerprint density at radius 3 is 0.867 bits per heavy atom. The van der Waals surface area contributed by atoms with Crippen molar-refractivity contribution in [2.24, 2.45) is 0 Å². The van der Waals surface area contributed by atoms with Gasteiger partial charge in [-0.05, 0) is 26.7 Å². The summed E-state index contributed by atoms with van der Waals surface area (Å²) in [5.41, 5.74) is 0. The molecular weight excluding hydrogens is 574 g/mol. The fraction of sp³-hybridized carbons (Fsp3) is 0.951. The van der Waals surface area contributed by atoms with E-state index in [0.717, 1.165) is 38.8 Å². The Labute approximate surface area is 290 Å². The molecule has 1 amide bonds. The van der Waals surface area contributed by atoms with Crippen LogP contribution in [-0.2, 0) is 9.59 Å². The van der Waals surface area contributed by atoms with E-state index in [1.54, 1.807) is 0 Å². The minimum absolute atomic E-state index is 0. The van der Waals surface area contributed by atoms with E-state index in [2.05, 4.69) is 27.7 Å². The van der Waals surface area contributed by atoms with Crippen LogP contribution >= 0.6 is 0 Å². The van der Waals surface area contributed by atoms with Crippen molar-refractivity contribution < 1.29 is 26.5 Å². The third kappa shape index (κ3) is 29.5. The van der Waals surface area contributed by atoms with E-state index in [4.69, 9.17) is 0 Å². The third-order valence-electron chi connectivity index (χ3n) is 10.3. The number of amides is 1. The number of ketones is 1. The van der Waals surface area contributed by atoms with E-state index in [0.29, 0.717) is 35.6 Å². The maximum Gasteiger partial charge on any atom is 0.314 e. The highest BCUT2D eigenvalue weighted by Gasteiger charge is 2.34. The van der Waals surface area contributed by atoms with Crippen LogP contribution in [0.15, 0.2) is 0 Å². The summed E-state index contributed by atoms with van der Waals surface area (Å²) >= 11 is 0. The van der Waals surface area contributed by atoms with Gasteiger partial charge in [-0.2, -0.15) is 0 Å². The molecule has 0 aromatic heterocycles. The first-order valence-corrected chi connectivity index (χ1v) is 20.5. The number of carbonyl (C=O) groups is 2. The van der Waals surface area contributed by atoms with Crippen molar-refractivity contribution in [2.75, 3.05) is 19.6 Å². The Morgan fingerprint density at radius 1 is 0.356 bits per heavy atom. The first-order chi connectivity index (χ1) is 21.6. The molecule has 4 heteroatoms. The normalized spacial score (nSPS) is 11.6. The van der Waals surface area contributed by atoms with Gasteiger partial charge < -0.3 is 12.4 Å². The van der Waals surface area contributed by atoms with E-state index in [-0.39, 0.29) is 12.4 Å². The van der Waals surface area contributed by atoms with Crippen molar-refractivity contribution >= 4 is 11.7 Å². The van der Waals surface area contributed by atoms with Crippen LogP contribution in [0.25, 0.3) is 0 Å². The van der Waals surface area contributed by atoms with E-state index in [1.807, 2.05) is 0 Å². The second-order valence-corrected chi connectivity index (χ2v) is 14.3. The average Bonchev–Trinajstić information content (AvgIpc) is 3.03. The van der Waals surface area contributed by atoms with Gasteiger partial charge in [-0.1, -0.05) is 194 Å². The molecule has 0 saturated heterocycles. The summed E-state index contributed by atoms with van der Waals surface area (Å²) < 4.78 is 0.371. The zero-order valence-corrected chi connectivity index (χ0v) is 32.1. The molecule has 0 saturated carbocycles. The highest BCUT2D eigenvalue weighted by molar-refractivity contribution is 5.82. The van der Waals surface area contributed by atoms with Crippen LogP contribution in [0.3, 0.4) is 0 Å². The zero-order chi connectivity index (χ0) is 32.4. The Hall–Kier alpha value is -0.410. The van der Waals surface area contributed by atoms with Gasteiger partial charge in [0.05, 0.1) is 19.5 Å². The lowest BCUT2D eigenvalue weighted by Gasteiger charge is -2.33. The maximum absolute atomic E-state index is 13.2. The summed E-state index contributed by atoms with van der Waals surface area (Å²) in [5, 5.41) is 0. The first-order valence-electron chi connectivity index (χ1n) is 20.5. The van der Waals surface area contributed by atoms with Gasteiger partial charge in [-0.15, -0.1) is 0 Å². The second kappa shape index (κ2) is 36.4. The van der Waals surface area contributed by atoms with E-state index in [1.165, 1.54) is 167 Å². The Morgan fingerprint density at radius 2 is 0.600 bits per heavy atom. The van der Waals surface area contributed by atoms with Crippen molar-refractivity contribution in [1.29, 1.82) is 0 Å².